The summed E-state index contributed by atoms with van der Waals surface area (Å²) >= 11 is 5.96. The SMILES string of the molecule is O=C(O)C(O)C1CCc2[nH]c3c(c2C1=O)c(=O)[nH]c1cc(Cl)ccc13. The van der Waals surface area contributed by atoms with Crippen LogP contribution in [0.15, 0.2) is 23.0 Å². The lowest BCUT2D eigenvalue weighted by atomic mass is 9.82. The summed E-state index contributed by atoms with van der Waals surface area (Å²) in [6.45, 7) is 0. The maximum Gasteiger partial charge on any atom is 0.333 e. The number of hydrogen-bond donors (Lipinski definition) is 4. The first-order valence-corrected chi connectivity index (χ1v) is 8.07. The van der Waals surface area contributed by atoms with Gasteiger partial charge in [-0.15, -0.1) is 0 Å². The highest BCUT2D eigenvalue weighted by Gasteiger charge is 2.39. The number of aliphatic hydroxyl groups excluding tert-OH is 1. The van der Waals surface area contributed by atoms with Crippen LogP contribution < -0.4 is 5.56 Å². The van der Waals surface area contributed by atoms with Gasteiger partial charge in [0, 0.05) is 16.1 Å². The van der Waals surface area contributed by atoms with Gasteiger partial charge in [-0.3, -0.25) is 9.59 Å². The molecule has 0 saturated carbocycles. The van der Waals surface area contributed by atoms with Crippen molar-refractivity contribution >= 4 is 45.2 Å². The Morgan fingerprint density at radius 3 is 2.76 bits per heavy atom. The van der Waals surface area contributed by atoms with Crippen LogP contribution in [-0.4, -0.2) is 38.0 Å². The number of carboxylic acid groups (broad SMARTS) is 1. The van der Waals surface area contributed by atoms with Crippen LogP contribution in [-0.2, 0) is 11.2 Å². The summed E-state index contributed by atoms with van der Waals surface area (Å²) in [7, 11) is 0. The Hall–Kier alpha value is -2.64. The summed E-state index contributed by atoms with van der Waals surface area (Å²) in [5, 5.41) is 20.2. The third kappa shape index (κ3) is 2.27. The van der Waals surface area contributed by atoms with E-state index in [-0.39, 0.29) is 17.4 Å². The molecule has 128 valence electrons. The van der Waals surface area contributed by atoms with Gasteiger partial charge in [0.25, 0.3) is 5.56 Å². The molecule has 8 heteroatoms. The van der Waals surface area contributed by atoms with Crippen molar-refractivity contribution in [1.29, 1.82) is 0 Å². The van der Waals surface area contributed by atoms with Crippen molar-refractivity contribution in [3.05, 3.63) is 44.8 Å². The highest BCUT2D eigenvalue weighted by atomic mass is 35.5. The summed E-state index contributed by atoms with van der Waals surface area (Å²) in [6, 6.07) is 5.04. The average molecular weight is 361 g/mol. The molecule has 0 radical (unpaired) electrons. The van der Waals surface area contributed by atoms with Crippen molar-refractivity contribution in [3.8, 4) is 0 Å². The van der Waals surface area contributed by atoms with Crippen molar-refractivity contribution in [2.24, 2.45) is 5.92 Å². The lowest BCUT2D eigenvalue weighted by Gasteiger charge is -2.23. The maximum absolute atomic E-state index is 12.8. The van der Waals surface area contributed by atoms with Gasteiger partial charge in [0.2, 0.25) is 0 Å². The predicted octanol–water partition coefficient (Wildman–Crippen LogP) is 1.85. The van der Waals surface area contributed by atoms with Crippen molar-refractivity contribution in [3.63, 3.8) is 0 Å². The molecule has 0 aliphatic heterocycles. The van der Waals surface area contributed by atoms with E-state index in [0.717, 1.165) is 0 Å². The van der Waals surface area contributed by atoms with Crippen LogP contribution in [0, 0.1) is 5.92 Å². The summed E-state index contributed by atoms with van der Waals surface area (Å²) in [5.41, 5.74) is 1.35. The van der Waals surface area contributed by atoms with Gasteiger partial charge in [-0.25, -0.2) is 4.79 Å². The Bertz CT molecular complexity index is 1110. The van der Waals surface area contributed by atoms with Gasteiger partial charge in [-0.2, -0.15) is 0 Å². The van der Waals surface area contributed by atoms with Crippen LogP contribution in [0.2, 0.25) is 5.02 Å². The molecular formula is C17H13ClN2O5. The van der Waals surface area contributed by atoms with Crippen LogP contribution in [0.4, 0.5) is 0 Å². The van der Waals surface area contributed by atoms with Gasteiger partial charge in [-0.05, 0) is 31.0 Å². The van der Waals surface area contributed by atoms with Gasteiger partial charge in [0.1, 0.15) is 0 Å². The summed E-state index contributed by atoms with van der Waals surface area (Å²) < 4.78 is 0. The van der Waals surface area contributed by atoms with Gasteiger partial charge < -0.3 is 20.2 Å². The number of aromatic amines is 2. The molecule has 2 aromatic heterocycles. The molecule has 1 aromatic carbocycles. The zero-order valence-corrected chi connectivity index (χ0v) is 13.6. The molecule has 0 fully saturated rings. The first-order chi connectivity index (χ1) is 11.9. The van der Waals surface area contributed by atoms with E-state index in [4.69, 9.17) is 16.7 Å². The fraction of sp³-hybridized carbons (Fsp3) is 0.235. The minimum Gasteiger partial charge on any atom is -0.479 e. The number of Topliss-reactive ketones (excluding diaryl/α,β-unsaturated/α-hetero) is 1. The Kier molecular flexibility index (Phi) is 3.45. The van der Waals surface area contributed by atoms with Crippen molar-refractivity contribution < 1.29 is 19.8 Å². The molecule has 0 amide bonds. The number of ketones is 1. The molecule has 3 aromatic rings. The molecule has 2 atom stereocenters. The molecule has 2 heterocycles. The first kappa shape index (κ1) is 15.9. The number of aryl methyl sites for hydroxylation is 1. The Morgan fingerprint density at radius 1 is 1.28 bits per heavy atom. The molecule has 0 bridgehead atoms. The molecule has 25 heavy (non-hydrogen) atoms. The second-order valence-corrected chi connectivity index (χ2v) is 6.60. The quantitative estimate of drug-likeness (QED) is 0.555. The van der Waals surface area contributed by atoms with Crippen LogP contribution in [0.25, 0.3) is 21.8 Å². The molecule has 0 saturated heterocycles. The van der Waals surface area contributed by atoms with Crippen LogP contribution >= 0.6 is 11.6 Å². The van der Waals surface area contributed by atoms with E-state index in [1.54, 1.807) is 18.2 Å². The molecular weight excluding hydrogens is 348 g/mol. The summed E-state index contributed by atoms with van der Waals surface area (Å²) in [5.74, 6) is -3.04. The standard InChI is InChI=1S/C17H13ClN2O5/c18-6-1-2-7-10(5-6)20-16(23)12-11-9(19-13(7)12)4-3-8(14(11)21)15(22)17(24)25/h1-2,5,8,15,19,22H,3-4H2,(H,20,23)(H,24,25). The van der Waals surface area contributed by atoms with E-state index in [0.29, 0.717) is 33.6 Å². The smallest absolute Gasteiger partial charge is 0.333 e. The number of benzene rings is 1. The molecule has 4 rings (SSSR count). The molecule has 7 nitrogen and oxygen atoms in total. The van der Waals surface area contributed by atoms with E-state index in [1.165, 1.54) is 0 Å². The number of hydrogen-bond acceptors (Lipinski definition) is 4. The predicted molar refractivity (Wildman–Crippen MR) is 91.2 cm³/mol. The largest absolute Gasteiger partial charge is 0.479 e. The number of carbonyl (C=O) groups is 2. The third-order valence-corrected chi connectivity index (χ3v) is 4.96. The van der Waals surface area contributed by atoms with Crippen LogP contribution in [0.1, 0.15) is 22.5 Å². The second-order valence-electron chi connectivity index (χ2n) is 6.17. The number of aliphatic carboxylic acids is 1. The first-order valence-electron chi connectivity index (χ1n) is 7.69. The van der Waals surface area contributed by atoms with Crippen LogP contribution in [0.3, 0.4) is 0 Å². The number of aromatic nitrogens is 2. The zero-order chi connectivity index (χ0) is 17.9. The number of pyridine rings is 1. The normalized spacial score (nSPS) is 18.5. The van der Waals surface area contributed by atoms with Gasteiger partial charge in [-0.1, -0.05) is 11.6 Å². The maximum atomic E-state index is 12.8. The van der Waals surface area contributed by atoms with Gasteiger partial charge in [0.05, 0.1) is 27.9 Å². The zero-order valence-electron chi connectivity index (χ0n) is 12.8. The number of nitrogens with one attached hydrogen (secondary N) is 2. The fourth-order valence-electron chi connectivity index (χ4n) is 3.55. The summed E-state index contributed by atoms with van der Waals surface area (Å²) in [4.78, 5) is 42.2. The fourth-order valence-corrected chi connectivity index (χ4v) is 3.72. The van der Waals surface area contributed by atoms with Gasteiger partial charge >= 0.3 is 5.97 Å². The molecule has 1 aliphatic carbocycles. The lowest BCUT2D eigenvalue weighted by Crippen LogP contribution is -2.37. The van der Waals surface area contributed by atoms with E-state index in [2.05, 4.69) is 9.97 Å². The number of rotatable bonds is 2. The van der Waals surface area contributed by atoms with E-state index in [9.17, 15) is 19.5 Å². The number of carbonyl (C=O) groups excluding carboxylic acids is 1. The molecule has 4 N–H and O–H groups in total. The number of halogens is 1. The van der Waals surface area contributed by atoms with Crippen molar-refractivity contribution in [2.75, 3.05) is 0 Å². The minimum atomic E-state index is -1.79. The average Bonchev–Trinajstić information content (AvgIpc) is 2.95. The topological polar surface area (TPSA) is 123 Å². The Morgan fingerprint density at radius 2 is 2.04 bits per heavy atom. The minimum absolute atomic E-state index is 0.171. The van der Waals surface area contributed by atoms with Crippen molar-refractivity contribution in [1.82, 2.24) is 9.97 Å². The number of fused-ring (bicyclic) bond motifs is 5. The van der Waals surface area contributed by atoms with E-state index < -0.39 is 29.3 Å². The molecule has 1 aliphatic rings. The van der Waals surface area contributed by atoms with E-state index in [1.807, 2.05) is 0 Å². The number of carboxylic acids is 1. The number of H-pyrrole nitrogens is 2. The van der Waals surface area contributed by atoms with E-state index >= 15 is 0 Å². The molecule has 0 spiro atoms. The second kappa shape index (κ2) is 5.44. The molecule has 2 unspecified atom stereocenters. The van der Waals surface area contributed by atoms with Crippen molar-refractivity contribution in [2.45, 2.75) is 18.9 Å². The Labute approximate surface area is 145 Å². The van der Waals surface area contributed by atoms with Gasteiger partial charge in [0.15, 0.2) is 11.9 Å². The third-order valence-electron chi connectivity index (χ3n) is 4.73. The van der Waals surface area contributed by atoms with Crippen LogP contribution in [0.5, 0.6) is 0 Å². The highest BCUT2D eigenvalue weighted by Crippen LogP contribution is 2.34. The number of aliphatic hydroxyl groups is 1. The summed E-state index contributed by atoms with van der Waals surface area (Å²) in [6.07, 6.45) is -1.21. The lowest BCUT2D eigenvalue weighted by molar-refractivity contribution is -0.148. The highest BCUT2D eigenvalue weighted by molar-refractivity contribution is 6.31. The monoisotopic (exact) mass is 360 g/mol. The Balaban J connectivity index is 2.00.